The van der Waals surface area contributed by atoms with Crippen molar-refractivity contribution in [2.45, 2.75) is 0 Å². The molecule has 30 heavy (non-hydrogen) atoms. The Morgan fingerprint density at radius 3 is 2.47 bits per heavy atom. The summed E-state index contributed by atoms with van der Waals surface area (Å²) in [5, 5.41) is 17.9. The van der Waals surface area contributed by atoms with Crippen molar-refractivity contribution < 1.29 is 18.6 Å². The summed E-state index contributed by atoms with van der Waals surface area (Å²) in [4.78, 5) is 22.3. The first-order valence-corrected chi connectivity index (χ1v) is 9.01. The van der Waals surface area contributed by atoms with Crippen LogP contribution in [0.2, 0.25) is 0 Å². The zero-order valence-electron chi connectivity index (χ0n) is 16.3. The molecule has 9 heteroatoms. The van der Waals surface area contributed by atoms with Crippen molar-refractivity contribution in [1.82, 2.24) is 25.1 Å². The maximum atomic E-state index is 12.1. The number of hydrogen-bond acceptors (Lipinski definition) is 8. The number of anilines is 1. The number of aromatic nitrogens is 4. The van der Waals surface area contributed by atoms with E-state index in [0.29, 0.717) is 16.8 Å². The lowest BCUT2D eigenvalue weighted by Crippen LogP contribution is -2.21. The molecule has 0 aliphatic carbocycles. The molecule has 0 aliphatic heterocycles. The van der Waals surface area contributed by atoms with Crippen LogP contribution in [-0.4, -0.2) is 50.2 Å². The van der Waals surface area contributed by atoms with E-state index in [0.717, 1.165) is 5.56 Å². The molecule has 0 aliphatic rings. The number of benzene rings is 2. The van der Waals surface area contributed by atoms with Gasteiger partial charge in [-0.2, -0.15) is 0 Å². The van der Waals surface area contributed by atoms with Crippen molar-refractivity contribution in [2.24, 2.45) is 0 Å². The molecular formula is C21H24N6O3. The van der Waals surface area contributed by atoms with Crippen molar-refractivity contribution in [2.75, 3.05) is 19.8 Å². The van der Waals surface area contributed by atoms with Crippen molar-refractivity contribution in [1.29, 1.82) is 0 Å². The third-order valence-electron chi connectivity index (χ3n) is 4.40. The van der Waals surface area contributed by atoms with Gasteiger partial charge < -0.3 is 20.2 Å². The minimum atomic E-state index is -0.0896. The lowest BCUT2D eigenvalue weighted by atomic mass is 10.1. The fraction of sp³-hybridized carbons (Fsp3) is 0.0952. The van der Waals surface area contributed by atoms with Gasteiger partial charge in [0.25, 0.3) is 17.7 Å². The molecule has 3 N–H and O–H groups in total. The monoisotopic (exact) mass is 408 g/mol. The topological polar surface area (TPSA) is 131 Å². The van der Waals surface area contributed by atoms with Crippen LogP contribution in [0.5, 0.6) is 5.75 Å². The van der Waals surface area contributed by atoms with Gasteiger partial charge in [-0.05, 0) is 24.3 Å². The Morgan fingerprint density at radius 1 is 1.07 bits per heavy atom. The van der Waals surface area contributed by atoms with E-state index in [1.54, 1.807) is 56.6 Å². The van der Waals surface area contributed by atoms with Crippen LogP contribution in [0.25, 0.3) is 34.3 Å². The molecule has 0 spiro atoms. The minimum Gasteiger partial charge on any atom is -0.507 e. The van der Waals surface area contributed by atoms with Crippen LogP contribution in [0.15, 0.2) is 59.1 Å². The van der Waals surface area contributed by atoms with Crippen LogP contribution < -0.4 is 5.73 Å². The van der Waals surface area contributed by atoms with Crippen molar-refractivity contribution >= 4 is 11.7 Å². The van der Waals surface area contributed by atoms with Gasteiger partial charge in [0.05, 0.1) is 17.5 Å². The average molecular weight is 408 g/mol. The SMILES string of the molecule is CN(C)C(=O)c1ccc(-c2cnc(N)c(-c3nnc(-c4ccccc4O)o3)n2)cc1.[HH].[HH].[HH]. The number of carbonyl (C=O) groups is 1. The fourth-order valence-corrected chi connectivity index (χ4v) is 2.82. The number of para-hydroxylation sites is 1. The summed E-state index contributed by atoms with van der Waals surface area (Å²) in [6.07, 6.45) is 1.53. The van der Waals surface area contributed by atoms with Crippen LogP contribution in [-0.2, 0) is 0 Å². The molecule has 0 saturated carbocycles. The van der Waals surface area contributed by atoms with E-state index >= 15 is 0 Å². The van der Waals surface area contributed by atoms with Gasteiger partial charge in [0, 0.05) is 29.5 Å². The minimum absolute atomic E-state index is 0. The quantitative estimate of drug-likeness (QED) is 0.524. The third kappa shape index (κ3) is 3.55. The van der Waals surface area contributed by atoms with Crippen LogP contribution in [0.1, 0.15) is 14.6 Å². The number of nitrogens with zero attached hydrogens (tertiary/aromatic N) is 5. The van der Waals surface area contributed by atoms with Crippen molar-refractivity contribution in [3.8, 4) is 40.0 Å². The first kappa shape index (κ1) is 19.1. The number of amides is 1. The highest BCUT2D eigenvalue weighted by molar-refractivity contribution is 5.94. The standard InChI is InChI=1S/C21H18N6O3.3H2/c1-27(2)21(29)13-9-7-12(8-10-13)15-11-23-18(22)17(24-15)20-26-25-19(30-20)14-5-3-4-6-16(14)28;;;/h3-11,28H,1-2H3,(H2,22,23);3*1H. The fourth-order valence-electron chi connectivity index (χ4n) is 2.82. The van der Waals surface area contributed by atoms with E-state index in [1.807, 2.05) is 0 Å². The van der Waals surface area contributed by atoms with E-state index in [4.69, 9.17) is 10.2 Å². The number of nitrogens with two attached hydrogens (primary N) is 1. The molecule has 2 heterocycles. The highest BCUT2D eigenvalue weighted by Crippen LogP contribution is 2.31. The molecular weight excluding hydrogens is 384 g/mol. The second-order valence-electron chi connectivity index (χ2n) is 6.70. The van der Waals surface area contributed by atoms with Crippen molar-refractivity contribution in [3.05, 3.63) is 60.3 Å². The van der Waals surface area contributed by atoms with Gasteiger partial charge in [-0.15, -0.1) is 10.2 Å². The maximum absolute atomic E-state index is 12.1. The smallest absolute Gasteiger partial charge is 0.270 e. The average Bonchev–Trinajstić information content (AvgIpc) is 3.23. The molecule has 0 fully saturated rings. The normalized spacial score (nSPS) is 10.7. The Bertz CT molecular complexity index is 1230. The Hall–Kier alpha value is -4.27. The molecule has 4 aromatic rings. The summed E-state index contributed by atoms with van der Waals surface area (Å²) in [6.45, 7) is 0. The number of hydrogen-bond donors (Lipinski definition) is 2. The zero-order valence-corrected chi connectivity index (χ0v) is 16.3. The van der Waals surface area contributed by atoms with E-state index in [9.17, 15) is 9.90 Å². The summed E-state index contributed by atoms with van der Waals surface area (Å²) in [5.74, 6) is 0.285. The highest BCUT2D eigenvalue weighted by Gasteiger charge is 2.18. The van der Waals surface area contributed by atoms with Gasteiger partial charge >= 0.3 is 0 Å². The van der Waals surface area contributed by atoms with Crippen LogP contribution in [0.3, 0.4) is 0 Å². The van der Waals surface area contributed by atoms with Gasteiger partial charge in [0.2, 0.25) is 0 Å². The molecule has 9 nitrogen and oxygen atoms in total. The molecule has 0 bridgehead atoms. The summed E-state index contributed by atoms with van der Waals surface area (Å²) in [6, 6.07) is 13.6. The second kappa shape index (κ2) is 7.63. The zero-order chi connectivity index (χ0) is 21.3. The number of carbonyl (C=O) groups excluding carboxylic acids is 1. The van der Waals surface area contributed by atoms with Gasteiger partial charge in [-0.1, -0.05) is 24.3 Å². The molecule has 2 aromatic carbocycles. The Labute approximate surface area is 176 Å². The second-order valence-corrected chi connectivity index (χ2v) is 6.70. The van der Waals surface area contributed by atoms with Gasteiger partial charge in [0.1, 0.15) is 5.75 Å². The Balaban J connectivity index is 0.00000181. The van der Waals surface area contributed by atoms with Crippen LogP contribution in [0.4, 0.5) is 5.82 Å². The highest BCUT2D eigenvalue weighted by atomic mass is 16.4. The number of rotatable bonds is 4. The van der Waals surface area contributed by atoms with Gasteiger partial charge in [-0.25, -0.2) is 9.97 Å². The number of aromatic hydroxyl groups is 1. The van der Waals surface area contributed by atoms with Crippen LogP contribution >= 0.6 is 0 Å². The Kier molecular flexibility index (Phi) is 4.85. The predicted molar refractivity (Wildman–Crippen MR) is 117 cm³/mol. The number of phenols is 1. The molecule has 156 valence electrons. The number of phenolic OH excluding ortho intramolecular Hbond substituents is 1. The van der Waals surface area contributed by atoms with Crippen LogP contribution in [0, 0.1) is 0 Å². The Morgan fingerprint density at radius 2 is 1.77 bits per heavy atom. The van der Waals surface area contributed by atoms with E-state index < -0.39 is 0 Å². The first-order valence-electron chi connectivity index (χ1n) is 9.01. The molecule has 1 amide bonds. The summed E-state index contributed by atoms with van der Waals surface area (Å²) < 4.78 is 5.67. The number of nitrogen functional groups attached to an aromatic ring is 1. The predicted octanol–water partition coefficient (Wildman–Crippen LogP) is 3.59. The lowest BCUT2D eigenvalue weighted by Gasteiger charge is -2.10. The summed E-state index contributed by atoms with van der Waals surface area (Å²) in [7, 11) is 3.39. The molecule has 2 aromatic heterocycles. The molecule has 0 radical (unpaired) electrons. The summed E-state index contributed by atoms with van der Waals surface area (Å²) in [5.41, 5.74) is 8.46. The third-order valence-corrected chi connectivity index (χ3v) is 4.40. The largest absolute Gasteiger partial charge is 0.507 e. The molecule has 0 unspecified atom stereocenters. The first-order chi connectivity index (χ1) is 14.4. The van der Waals surface area contributed by atoms with E-state index in [-0.39, 0.29) is 39.2 Å². The van der Waals surface area contributed by atoms with Crippen molar-refractivity contribution in [3.63, 3.8) is 0 Å². The van der Waals surface area contributed by atoms with E-state index in [1.165, 1.54) is 17.2 Å². The molecule has 0 atom stereocenters. The molecule has 0 saturated heterocycles. The summed E-state index contributed by atoms with van der Waals surface area (Å²) >= 11 is 0. The molecule has 4 rings (SSSR count). The van der Waals surface area contributed by atoms with E-state index in [2.05, 4.69) is 20.2 Å². The maximum Gasteiger partial charge on any atom is 0.270 e. The van der Waals surface area contributed by atoms with Gasteiger partial charge in [-0.3, -0.25) is 4.79 Å². The lowest BCUT2D eigenvalue weighted by molar-refractivity contribution is 0.0827. The van der Waals surface area contributed by atoms with Gasteiger partial charge in [0.15, 0.2) is 11.5 Å².